The Labute approximate surface area is 82.4 Å². The summed E-state index contributed by atoms with van der Waals surface area (Å²) < 4.78 is 4.44. The topological polar surface area (TPSA) is 43.4 Å². The maximum Gasteiger partial charge on any atom is 0.313 e. The maximum atomic E-state index is 11.5. The first-order valence-electron chi connectivity index (χ1n) is 4.70. The number of rotatable bonds is 3. The fourth-order valence-electron chi connectivity index (χ4n) is 1.65. The molecule has 3 nitrogen and oxygen atoms in total. The molecule has 0 aromatic rings. The largest absolute Gasteiger partial charge is 0.469 e. The van der Waals surface area contributed by atoms with Gasteiger partial charge in [-0.05, 0) is 18.3 Å². The van der Waals surface area contributed by atoms with Crippen molar-refractivity contribution in [3.63, 3.8) is 0 Å². The number of ketones is 1. The summed E-state index contributed by atoms with van der Waals surface area (Å²) in [4.78, 5) is 22.4. The lowest BCUT2D eigenvalue weighted by Crippen LogP contribution is -2.11. The Morgan fingerprint density at radius 3 is 2.93 bits per heavy atom. The average molecular weight is 192 g/mol. The Bertz CT molecular complexity index is 338. The molecule has 0 aliphatic heterocycles. The van der Waals surface area contributed by atoms with Crippen molar-refractivity contribution in [2.24, 2.45) is 11.8 Å². The average Bonchev–Trinajstić information content (AvgIpc) is 2.94. The second-order valence-electron chi connectivity index (χ2n) is 3.72. The third-order valence-electron chi connectivity index (χ3n) is 2.66. The van der Waals surface area contributed by atoms with Crippen molar-refractivity contribution in [2.75, 3.05) is 7.11 Å². The van der Waals surface area contributed by atoms with Crippen LogP contribution in [0.4, 0.5) is 0 Å². The van der Waals surface area contributed by atoms with E-state index in [-0.39, 0.29) is 12.2 Å². The van der Waals surface area contributed by atoms with Gasteiger partial charge in [0.05, 0.1) is 7.11 Å². The van der Waals surface area contributed by atoms with E-state index in [2.05, 4.69) is 10.8 Å². The number of allylic oxidation sites excluding steroid dienone is 4. The highest BCUT2D eigenvalue weighted by molar-refractivity contribution is 6.07. The number of Topliss-reactive ketones (excluding diaryl/α,β-unsaturated/α-hetero) is 1. The molecule has 0 radical (unpaired) electrons. The number of carbonyl (C=O) groups excluding carboxylic acids is 2. The molecule has 2 rings (SSSR count). The van der Waals surface area contributed by atoms with Crippen LogP contribution >= 0.6 is 0 Å². The van der Waals surface area contributed by atoms with Crippen LogP contribution < -0.4 is 0 Å². The fourth-order valence-corrected chi connectivity index (χ4v) is 1.65. The lowest BCUT2D eigenvalue weighted by molar-refractivity contribution is -0.142. The molecule has 0 spiro atoms. The molecule has 2 aliphatic carbocycles. The van der Waals surface area contributed by atoms with E-state index in [1.807, 2.05) is 12.2 Å². The molecule has 0 N–H and O–H groups in total. The second-order valence-corrected chi connectivity index (χ2v) is 3.72. The molecule has 14 heavy (non-hydrogen) atoms. The number of esters is 1. The molecule has 0 heterocycles. The molecule has 0 aromatic heterocycles. The fraction of sp³-hybridized carbons (Fsp3) is 0.455. The highest BCUT2D eigenvalue weighted by Gasteiger charge is 2.36. The summed E-state index contributed by atoms with van der Waals surface area (Å²) >= 11 is 0. The summed E-state index contributed by atoms with van der Waals surface area (Å²) in [7, 11) is 1.29. The van der Waals surface area contributed by atoms with Crippen LogP contribution in [0.5, 0.6) is 0 Å². The smallest absolute Gasteiger partial charge is 0.313 e. The minimum Gasteiger partial charge on any atom is -0.469 e. The van der Waals surface area contributed by atoms with Gasteiger partial charge in [0.2, 0.25) is 0 Å². The standard InChI is InChI=1S/C11H12O3/c1-14-11(13)6-10(12)8-3-2-7-4-9(7)5-8/h2-3,5,7,9H,4,6H2,1H3. The van der Waals surface area contributed by atoms with Crippen LogP contribution in [0, 0.1) is 11.8 Å². The second kappa shape index (κ2) is 3.40. The summed E-state index contributed by atoms with van der Waals surface area (Å²) in [5.74, 6) is 0.571. The van der Waals surface area contributed by atoms with Gasteiger partial charge in [0.15, 0.2) is 5.78 Å². The van der Waals surface area contributed by atoms with E-state index in [0.717, 1.165) is 6.42 Å². The van der Waals surface area contributed by atoms with Gasteiger partial charge in [-0.2, -0.15) is 0 Å². The monoisotopic (exact) mass is 192 g/mol. The number of methoxy groups -OCH3 is 1. The lowest BCUT2D eigenvalue weighted by atomic mass is 10.0. The highest BCUT2D eigenvalue weighted by Crippen LogP contribution is 2.44. The third kappa shape index (κ3) is 1.76. The molecule has 2 atom stereocenters. The SMILES string of the molecule is COC(=O)CC(=O)C1=CC2CC2C=C1. The molecule has 1 fully saturated rings. The minimum atomic E-state index is -0.470. The van der Waals surface area contributed by atoms with E-state index in [0.29, 0.717) is 17.4 Å². The molecule has 0 amide bonds. The zero-order valence-corrected chi connectivity index (χ0v) is 8.03. The molecule has 0 bridgehead atoms. The molecule has 2 aliphatic rings. The van der Waals surface area contributed by atoms with Crippen LogP contribution in [0.25, 0.3) is 0 Å². The van der Waals surface area contributed by atoms with Gasteiger partial charge in [-0.1, -0.05) is 18.2 Å². The third-order valence-corrected chi connectivity index (χ3v) is 2.66. The van der Waals surface area contributed by atoms with Gasteiger partial charge in [-0.15, -0.1) is 0 Å². The van der Waals surface area contributed by atoms with Gasteiger partial charge < -0.3 is 4.74 Å². The summed E-state index contributed by atoms with van der Waals surface area (Å²) in [5, 5.41) is 0. The van der Waals surface area contributed by atoms with Crippen molar-refractivity contribution in [2.45, 2.75) is 12.8 Å². The summed E-state index contributed by atoms with van der Waals surface area (Å²) in [6.45, 7) is 0. The number of ether oxygens (including phenoxy) is 1. The summed E-state index contributed by atoms with van der Waals surface area (Å²) in [5.41, 5.74) is 0.661. The van der Waals surface area contributed by atoms with Gasteiger partial charge in [0.25, 0.3) is 0 Å². The van der Waals surface area contributed by atoms with Gasteiger partial charge in [-0.3, -0.25) is 9.59 Å². The molecular formula is C11H12O3. The zero-order chi connectivity index (χ0) is 10.1. The molecule has 0 aromatic carbocycles. The van der Waals surface area contributed by atoms with Crippen LogP contribution in [0.2, 0.25) is 0 Å². The molecule has 0 saturated heterocycles. The lowest BCUT2D eigenvalue weighted by Gasteiger charge is -2.04. The van der Waals surface area contributed by atoms with Crippen molar-refractivity contribution in [1.82, 2.24) is 0 Å². The maximum absolute atomic E-state index is 11.5. The van der Waals surface area contributed by atoms with E-state index in [1.165, 1.54) is 7.11 Å². The van der Waals surface area contributed by atoms with E-state index in [4.69, 9.17) is 0 Å². The van der Waals surface area contributed by atoms with Gasteiger partial charge in [-0.25, -0.2) is 0 Å². The Balaban J connectivity index is 1.98. The van der Waals surface area contributed by atoms with Crippen LogP contribution in [-0.4, -0.2) is 18.9 Å². The number of fused-ring (bicyclic) bond motifs is 1. The number of hydrogen-bond acceptors (Lipinski definition) is 3. The summed E-state index contributed by atoms with van der Waals surface area (Å²) in [6.07, 6.45) is 6.83. The van der Waals surface area contributed by atoms with Crippen LogP contribution in [0.1, 0.15) is 12.8 Å². The predicted molar refractivity (Wildman–Crippen MR) is 50.5 cm³/mol. The van der Waals surface area contributed by atoms with E-state index in [9.17, 15) is 9.59 Å². The van der Waals surface area contributed by atoms with Crippen LogP contribution in [0.15, 0.2) is 23.8 Å². The normalized spacial score (nSPS) is 27.6. The Kier molecular flexibility index (Phi) is 2.23. The predicted octanol–water partition coefficient (Wildman–Crippen LogP) is 1.25. The van der Waals surface area contributed by atoms with Crippen molar-refractivity contribution in [3.8, 4) is 0 Å². The number of carbonyl (C=O) groups is 2. The van der Waals surface area contributed by atoms with Crippen molar-refractivity contribution >= 4 is 11.8 Å². The van der Waals surface area contributed by atoms with Crippen LogP contribution in [-0.2, 0) is 14.3 Å². The van der Waals surface area contributed by atoms with E-state index < -0.39 is 5.97 Å². The van der Waals surface area contributed by atoms with Gasteiger partial charge >= 0.3 is 5.97 Å². The van der Waals surface area contributed by atoms with Crippen LogP contribution in [0.3, 0.4) is 0 Å². The molecule has 74 valence electrons. The van der Waals surface area contributed by atoms with Gasteiger partial charge in [0, 0.05) is 5.57 Å². The number of hydrogen-bond donors (Lipinski definition) is 0. The van der Waals surface area contributed by atoms with E-state index in [1.54, 1.807) is 0 Å². The van der Waals surface area contributed by atoms with Crippen molar-refractivity contribution in [1.29, 1.82) is 0 Å². The molecule has 3 heteroatoms. The van der Waals surface area contributed by atoms with E-state index >= 15 is 0 Å². The van der Waals surface area contributed by atoms with Crippen molar-refractivity contribution < 1.29 is 14.3 Å². The summed E-state index contributed by atoms with van der Waals surface area (Å²) in [6, 6.07) is 0. The first-order chi connectivity index (χ1) is 6.70. The van der Waals surface area contributed by atoms with Crippen molar-refractivity contribution in [3.05, 3.63) is 23.8 Å². The highest BCUT2D eigenvalue weighted by atomic mass is 16.5. The quantitative estimate of drug-likeness (QED) is 0.499. The first kappa shape index (κ1) is 9.19. The Hall–Kier alpha value is -1.38. The Morgan fingerprint density at radius 1 is 1.50 bits per heavy atom. The molecule has 1 saturated carbocycles. The zero-order valence-electron chi connectivity index (χ0n) is 8.03. The molecular weight excluding hydrogens is 180 g/mol. The Morgan fingerprint density at radius 2 is 2.29 bits per heavy atom. The minimum absolute atomic E-state index is 0.140. The molecule has 2 unspecified atom stereocenters. The first-order valence-corrected chi connectivity index (χ1v) is 4.70. The van der Waals surface area contributed by atoms with Gasteiger partial charge in [0.1, 0.15) is 6.42 Å².